The number of sulfonamides is 1. The van der Waals surface area contributed by atoms with E-state index >= 15 is 0 Å². The van der Waals surface area contributed by atoms with E-state index in [9.17, 15) is 13.2 Å². The van der Waals surface area contributed by atoms with Gasteiger partial charge in [-0.1, -0.05) is 22.8 Å². The Bertz CT molecular complexity index is 1210. The molecule has 174 valence electrons. The number of hydrogen-bond donors (Lipinski definition) is 2. The molecule has 0 aliphatic carbocycles. The molecule has 2 aromatic rings. The van der Waals surface area contributed by atoms with Crippen molar-refractivity contribution in [1.29, 1.82) is 0 Å². The first kappa shape index (κ1) is 24.6. The van der Waals surface area contributed by atoms with Gasteiger partial charge in [0.05, 0.1) is 0 Å². The van der Waals surface area contributed by atoms with Gasteiger partial charge in [0.25, 0.3) is 5.88 Å². The first-order chi connectivity index (χ1) is 14.8. The van der Waals surface area contributed by atoms with Crippen LogP contribution in [-0.2, 0) is 26.1 Å². The minimum atomic E-state index is -4.32. The number of aryl methyl sites for hydroxylation is 3. The molecule has 3 rings (SSSR count). The lowest BCUT2D eigenvalue weighted by Gasteiger charge is -2.36. The number of halogens is 1. The van der Waals surface area contributed by atoms with Gasteiger partial charge in [-0.05, 0) is 81.1 Å². The van der Waals surface area contributed by atoms with Crippen molar-refractivity contribution in [2.75, 3.05) is 18.8 Å². The highest BCUT2D eigenvalue weighted by Gasteiger charge is 2.57. The van der Waals surface area contributed by atoms with Gasteiger partial charge in [0.1, 0.15) is 16.0 Å². The Morgan fingerprint density at radius 1 is 1.31 bits per heavy atom. The second-order valence-electron chi connectivity index (χ2n) is 8.26. The maximum Gasteiger partial charge on any atom is 0.257 e. The van der Waals surface area contributed by atoms with E-state index in [4.69, 9.17) is 21.9 Å². The Morgan fingerprint density at radius 2 is 1.97 bits per heavy atom. The third-order valence-corrected chi connectivity index (χ3v) is 9.32. The predicted molar refractivity (Wildman–Crippen MR) is 128 cm³/mol. The molecule has 2 unspecified atom stereocenters. The fraction of sp³-hybridized carbons (Fsp3) is 0.429. The lowest BCUT2D eigenvalue weighted by molar-refractivity contribution is -0.117. The van der Waals surface area contributed by atoms with Crippen LogP contribution < -0.4 is 10.5 Å². The summed E-state index contributed by atoms with van der Waals surface area (Å²) in [5, 5.41) is 4.29. The summed E-state index contributed by atoms with van der Waals surface area (Å²) in [4.78, 5) is 14.5. The summed E-state index contributed by atoms with van der Waals surface area (Å²) in [5.74, 6) is -0.938. The highest BCUT2D eigenvalue weighted by molar-refractivity contribution is 8.05. The summed E-state index contributed by atoms with van der Waals surface area (Å²) in [6.45, 7) is 7.92. The highest BCUT2D eigenvalue weighted by Crippen LogP contribution is 2.50. The molecule has 0 fully saturated rings. The van der Waals surface area contributed by atoms with Crippen LogP contribution in [0.15, 0.2) is 22.1 Å². The number of nitrogens with two attached hydrogens (primary N) is 1. The summed E-state index contributed by atoms with van der Waals surface area (Å²) in [6.07, 6.45) is 1.52. The highest BCUT2D eigenvalue weighted by atomic mass is 35.5. The van der Waals surface area contributed by atoms with Crippen LogP contribution >= 0.6 is 23.4 Å². The van der Waals surface area contributed by atoms with Gasteiger partial charge in [-0.25, -0.2) is 13.1 Å². The van der Waals surface area contributed by atoms with Gasteiger partial charge >= 0.3 is 0 Å². The van der Waals surface area contributed by atoms with E-state index in [0.29, 0.717) is 17.8 Å². The Hall–Kier alpha value is -2.01. The van der Waals surface area contributed by atoms with Crippen LogP contribution in [0.3, 0.4) is 0 Å². The molecule has 1 aliphatic rings. The lowest BCUT2D eigenvalue weighted by Crippen LogP contribution is -2.51. The zero-order chi connectivity index (χ0) is 24.0. The van der Waals surface area contributed by atoms with Crippen molar-refractivity contribution in [3.8, 4) is 0 Å². The number of aromatic nitrogens is 1. The molecule has 1 aromatic carbocycles. The van der Waals surface area contributed by atoms with Gasteiger partial charge in [-0.15, -0.1) is 11.8 Å². The number of hydrogen-bond acceptors (Lipinski definition) is 7. The number of anilines is 1. The molecule has 2 heterocycles. The molecule has 8 nitrogen and oxygen atoms in total. The van der Waals surface area contributed by atoms with E-state index in [0.717, 1.165) is 34.0 Å². The topological polar surface area (TPSA) is 119 Å². The van der Waals surface area contributed by atoms with Crippen molar-refractivity contribution >= 4 is 45.2 Å². The van der Waals surface area contributed by atoms with Crippen LogP contribution in [0.5, 0.6) is 0 Å². The molecule has 3 N–H and O–H groups in total. The molecular weight excluding hydrogens is 472 g/mol. The third-order valence-electron chi connectivity index (χ3n) is 5.64. The molecule has 1 amide bonds. The van der Waals surface area contributed by atoms with Crippen molar-refractivity contribution in [1.82, 2.24) is 10.1 Å². The standard InChI is InChI=1S/C21H27ClN4O4S2/c1-11-9-12(2)16(13(3)15(11)10-26(5)6)21(7-8-31-18(21)19(23)27)32(28,29)25-20-17(22)14(4)24-30-20/h7-9,18,25H,10H2,1-6H3,(H2,23,27). The number of amides is 1. The van der Waals surface area contributed by atoms with Gasteiger partial charge in [-0.3, -0.25) is 4.79 Å². The van der Waals surface area contributed by atoms with Crippen LogP contribution in [0.4, 0.5) is 5.88 Å². The normalized spacial score (nSPS) is 20.8. The van der Waals surface area contributed by atoms with Crippen LogP contribution in [0.25, 0.3) is 0 Å². The summed E-state index contributed by atoms with van der Waals surface area (Å²) >= 11 is 7.25. The summed E-state index contributed by atoms with van der Waals surface area (Å²) in [5.41, 5.74) is 10.1. The second kappa shape index (κ2) is 8.74. The van der Waals surface area contributed by atoms with Crippen LogP contribution in [0, 0.1) is 27.7 Å². The van der Waals surface area contributed by atoms with Gasteiger partial charge in [0.15, 0.2) is 4.75 Å². The van der Waals surface area contributed by atoms with Crippen molar-refractivity contribution in [2.45, 2.75) is 44.2 Å². The van der Waals surface area contributed by atoms with Gasteiger partial charge < -0.3 is 15.2 Å². The molecule has 2 atom stereocenters. The number of rotatable bonds is 7. The first-order valence-corrected chi connectivity index (χ1v) is 12.6. The van der Waals surface area contributed by atoms with E-state index in [2.05, 4.69) is 9.88 Å². The van der Waals surface area contributed by atoms with Crippen molar-refractivity contribution in [2.24, 2.45) is 5.73 Å². The molecule has 0 spiro atoms. The van der Waals surface area contributed by atoms with Crippen molar-refractivity contribution < 1.29 is 17.7 Å². The predicted octanol–water partition coefficient (Wildman–Crippen LogP) is 3.37. The Kier molecular flexibility index (Phi) is 6.72. The number of carbonyl (C=O) groups is 1. The SMILES string of the molecule is Cc1cc(C)c(C2(S(=O)(=O)Nc3onc(C)c3Cl)C=CSC2C(N)=O)c(C)c1CN(C)C. The largest absolute Gasteiger partial charge is 0.369 e. The fourth-order valence-corrected chi connectivity index (χ4v) is 7.85. The zero-order valence-corrected chi connectivity index (χ0v) is 21.2. The number of thioether (sulfide) groups is 1. The number of nitrogens with zero attached hydrogens (tertiary/aromatic N) is 2. The van der Waals surface area contributed by atoms with Gasteiger partial charge in [0.2, 0.25) is 15.9 Å². The van der Waals surface area contributed by atoms with E-state index in [1.807, 2.05) is 45.8 Å². The first-order valence-electron chi connectivity index (χ1n) is 9.85. The monoisotopic (exact) mass is 498 g/mol. The molecular formula is C21H27ClN4O4S2. The second-order valence-corrected chi connectivity index (χ2v) is 11.5. The van der Waals surface area contributed by atoms with Gasteiger partial charge in [0, 0.05) is 6.54 Å². The molecule has 0 bridgehead atoms. The molecule has 0 radical (unpaired) electrons. The maximum atomic E-state index is 14.0. The number of carbonyl (C=O) groups excluding carboxylic acids is 1. The van der Waals surface area contributed by atoms with E-state index in [-0.39, 0.29) is 10.9 Å². The van der Waals surface area contributed by atoms with Gasteiger partial charge in [-0.2, -0.15) is 0 Å². The van der Waals surface area contributed by atoms with Crippen molar-refractivity contribution in [3.05, 3.63) is 56.1 Å². The number of primary amides is 1. The van der Waals surface area contributed by atoms with E-state index < -0.39 is 25.9 Å². The third kappa shape index (κ3) is 3.93. The molecule has 1 aromatic heterocycles. The van der Waals surface area contributed by atoms with E-state index in [1.54, 1.807) is 12.3 Å². The molecule has 0 saturated carbocycles. The molecule has 1 aliphatic heterocycles. The molecule has 0 saturated heterocycles. The molecule has 11 heteroatoms. The average Bonchev–Trinajstić information content (AvgIpc) is 3.25. The smallest absolute Gasteiger partial charge is 0.257 e. The number of benzene rings is 1. The molecule has 32 heavy (non-hydrogen) atoms. The van der Waals surface area contributed by atoms with Crippen LogP contribution in [0.1, 0.15) is 33.5 Å². The summed E-state index contributed by atoms with van der Waals surface area (Å²) in [6, 6.07) is 1.94. The number of nitrogens with one attached hydrogen (secondary N) is 1. The lowest BCUT2D eigenvalue weighted by atomic mass is 9.83. The summed E-state index contributed by atoms with van der Waals surface area (Å²) < 4.78 is 33.7. The zero-order valence-electron chi connectivity index (χ0n) is 18.8. The minimum Gasteiger partial charge on any atom is -0.369 e. The Balaban J connectivity index is 2.33. The summed E-state index contributed by atoms with van der Waals surface area (Å²) in [7, 11) is -0.439. The van der Waals surface area contributed by atoms with Crippen LogP contribution in [-0.4, -0.2) is 43.7 Å². The Labute approximate surface area is 197 Å². The van der Waals surface area contributed by atoms with Crippen molar-refractivity contribution in [3.63, 3.8) is 0 Å². The minimum absolute atomic E-state index is 0.0552. The quantitative estimate of drug-likeness (QED) is 0.600. The van der Waals surface area contributed by atoms with Crippen LogP contribution in [0.2, 0.25) is 5.02 Å². The maximum absolute atomic E-state index is 14.0. The Morgan fingerprint density at radius 3 is 2.50 bits per heavy atom. The fourth-order valence-electron chi connectivity index (χ4n) is 4.28. The average molecular weight is 499 g/mol. The van der Waals surface area contributed by atoms with E-state index in [1.165, 1.54) is 6.08 Å².